The standard InChI is InChI=1S/C20H26F3N5O/c1-26-15-16(14-25-26)12-19(29)24-6-3-7-27-8-10-28(11-9-27)18-5-2-4-17(13-18)20(21,22)23/h2,4-5,13-15H,3,6-12H2,1H3,(H,24,29). The van der Waals surface area contributed by atoms with Crippen molar-refractivity contribution in [3.05, 3.63) is 47.8 Å². The van der Waals surface area contributed by atoms with Gasteiger partial charge in [-0.2, -0.15) is 18.3 Å². The minimum Gasteiger partial charge on any atom is -0.369 e. The van der Waals surface area contributed by atoms with Crippen molar-refractivity contribution in [1.29, 1.82) is 0 Å². The molecule has 1 saturated heterocycles. The Bertz CT molecular complexity index is 812. The van der Waals surface area contributed by atoms with Gasteiger partial charge in [0, 0.05) is 51.7 Å². The molecule has 1 aromatic carbocycles. The molecule has 0 atom stereocenters. The number of nitrogens with one attached hydrogen (secondary N) is 1. The molecule has 1 fully saturated rings. The summed E-state index contributed by atoms with van der Waals surface area (Å²) in [7, 11) is 1.81. The Morgan fingerprint density at radius 2 is 1.97 bits per heavy atom. The van der Waals surface area contributed by atoms with Gasteiger partial charge in [0.1, 0.15) is 0 Å². The maximum absolute atomic E-state index is 12.9. The Morgan fingerprint density at radius 3 is 2.62 bits per heavy atom. The van der Waals surface area contributed by atoms with Crippen molar-refractivity contribution >= 4 is 11.6 Å². The van der Waals surface area contributed by atoms with E-state index in [2.05, 4.69) is 15.3 Å². The minimum atomic E-state index is -4.32. The number of aryl methyl sites for hydroxylation is 1. The zero-order valence-electron chi connectivity index (χ0n) is 16.5. The third kappa shape index (κ3) is 6.22. The number of hydrogen-bond acceptors (Lipinski definition) is 4. The number of carbonyl (C=O) groups excluding carboxylic acids is 1. The smallest absolute Gasteiger partial charge is 0.369 e. The van der Waals surface area contributed by atoms with Crippen molar-refractivity contribution in [2.45, 2.75) is 19.0 Å². The highest BCUT2D eigenvalue weighted by Gasteiger charge is 2.31. The Balaban J connectivity index is 1.35. The predicted octanol–water partition coefficient (Wildman–Crippen LogP) is 2.31. The van der Waals surface area contributed by atoms with Crippen molar-refractivity contribution in [3.8, 4) is 0 Å². The number of halogens is 3. The molecule has 1 aromatic heterocycles. The third-order valence-electron chi connectivity index (χ3n) is 5.01. The number of nitrogens with zero attached hydrogens (tertiary/aromatic N) is 4. The van der Waals surface area contributed by atoms with Crippen molar-refractivity contribution in [3.63, 3.8) is 0 Å². The zero-order valence-corrected chi connectivity index (χ0v) is 16.5. The van der Waals surface area contributed by atoms with Gasteiger partial charge in [-0.15, -0.1) is 0 Å². The van der Waals surface area contributed by atoms with E-state index in [1.807, 2.05) is 18.1 Å². The van der Waals surface area contributed by atoms with Crippen LogP contribution in [0.2, 0.25) is 0 Å². The third-order valence-corrected chi connectivity index (χ3v) is 5.01. The molecule has 1 N–H and O–H groups in total. The van der Waals surface area contributed by atoms with Gasteiger partial charge in [-0.3, -0.25) is 14.4 Å². The Kier molecular flexibility index (Phi) is 6.79. The summed E-state index contributed by atoms with van der Waals surface area (Å²) in [6.07, 6.45) is 0.345. The van der Waals surface area contributed by atoms with Crippen LogP contribution in [0.4, 0.5) is 18.9 Å². The molecule has 0 bridgehead atoms. The molecule has 0 aliphatic carbocycles. The second kappa shape index (κ2) is 9.30. The van der Waals surface area contributed by atoms with E-state index in [9.17, 15) is 18.0 Å². The summed E-state index contributed by atoms with van der Waals surface area (Å²) in [5.74, 6) is -0.0210. The van der Waals surface area contributed by atoms with E-state index in [4.69, 9.17) is 0 Å². The van der Waals surface area contributed by atoms with Gasteiger partial charge < -0.3 is 10.2 Å². The average Bonchev–Trinajstić information content (AvgIpc) is 3.10. The summed E-state index contributed by atoms with van der Waals surface area (Å²) in [5, 5.41) is 6.96. The van der Waals surface area contributed by atoms with Crippen LogP contribution in [0.5, 0.6) is 0 Å². The number of carbonyl (C=O) groups is 1. The number of rotatable bonds is 7. The van der Waals surface area contributed by atoms with Crippen LogP contribution in [0.25, 0.3) is 0 Å². The lowest BCUT2D eigenvalue weighted by atomic mass is 10.1. The fourth-order valence-corrected chi connectivity index (χ4v) is 3.45. The molecule has 0 saturated carbocycles. The van der Waals surface area contributed by atoms with Crippen molar-refractivity contribution < 1.29 is 18.0 Å². The van der Waals surface area contributed by atoms with E-state index in [-0.39, 0.29) is 5.91 Å². The molecule has 0 unspecified atom stereocenters. The summed E-state index contributed by atoms with van der Waals surface area (Å²) < 4.78 is 40.3. The molecule has 2 heterocycles. The number of alkyl halides is 3. The van der Waals surface area contributed by atoms with Crippen molar-refractivity contribution in [1.82, 2.24) is 20.0 Å². The van der Waals surface area contributed by atoms with E-state index in [1.54, 1.807) is 16.9 Å². The molecule has 2 aromatic rings. The summed E-state index contributed by atoms with van der Waals surface area (Å²) in [4.78, 5) is 16.2. The van der Waals surface area contributed by atoms with Gasteiger partial charge in [0.05, 0.1) is 18.2 Å². The summed E-state index contributed by atoms with van der Waals surface area (Å²) in [5.41, 5.74) is 0.886. The van der Waals surface area contributed by atoms with Gasteiger partial charge in [-0.1, -0.05) is 6.07 Å². The first kappa shape index (κ1) is 21.2. The second-order valence-corrected chi connectivity index (χ2v) is 7.28. The number of piperazine rings is 1. The zero-order chi connectivity index (χ0) is 20.9. The average molecular weight is 409 g/mol. The largest absolute Gasteiger partial charge is 0.416 e. The molecule has 0 spiro atoms. The van der Waals surface area contributed by atoms with E-state index >= 15 is 0 Å². The Morgan fingerprint density at radius 1 is 1.21 bits per heavy atom. The molecule has 6 nitrogen and oxygen atoms in total. The van der Waals surface area contributed by atoms with Crippen LogP contribution in [-0.4, -0.2) is 59.9 Å². The molecule has 1 aliphatic heterocycles. The van der Waals surface area contributed by atoms with Gasteiger partial charge in [0.25, 0.3) is 0 Å². The fourth-order valence-electron chi connectivity index (χ4n) is 3.45. The first-order valence-corrected chi connectivity index (χ1v) is 9.70. The molecular formula is C20H26F3N5O. The normalized spacial score (nSPS) is 15.5. The number of anilines is 1. The molecular weight excluding hydrogens is 383 g/mol. The fraction of sp³-hybridized carbons (Fsp3) is 0.500. The van der Waals surface area contributed by atoms with Crippen LogP contribution in [0.3, 0.4) is 0 Å². The predicted molar refractivity (Wildman–Crippen MR) is 105 cm³/mol. The lowest BCUT2D eigenvalue weighted by Gasteiger charge is -2.36. The summed E-state index contributed by atoms with van der Waals surface area (Å²) >= 11 is 0. The van der Waals surface area contributed by atoms with Crippen LogP contribution < -0.4 is 10.2 Å². The lowest BCUT2D eigenvalue weighted by molar-refractivity contribution is -0.137. The number of benzene rings is 1. The molecule has 29 heavy (non-hydrogen) atoms. The molecule has 9 heteroatoms. The first-order valence-electron chi connectivity index (χ1n) is 9.70. The highest BCUT2D eigenvalue weighted by molar-refractivity contribution is 5.78. The van der Waals surface area contributed by atoms with Crippen LogP contribution >= 0.6 is 0 Å². The summed E-state index contributed by atoms with van der Waals surface area (Å²) in [6.45, 7) is 4.42. The van der Waals surface area contributed by atoms with Crippen LogP contribution in [-0.2, 0) is 24.4 Å². The van der Waals surface area contributed by atoms with E-state index in [1.165, 1.54) is 12.1 Å². The number of aromatic nitrogens is 2. The topological polar surface area (TPSA) is 53.4 Å². The minimum absolute atomic E-state index is 0.0210. The van der Waals surface area contributed by atoms with Crippen LogP contribution in [0.1, 0.15) is 17.5 Å². The van der Waals surface area contributed by atoms with Crippen molar-refractivity contribution in [2.75, 3.05) is 44.2 Å². The van der Waals surface area contributed by atoms with Crippen LogP contribution in [0, 0.1) is 0 Å². The highest BCUT2D eigenvalue weighted by atomic mass is 19.4. The number of hydrogen-bond donors (Lipinski definition) is 1. The first-order chi connectivity index (χ1) is 13.8. The van der Waals surface area contributed by atoms with Crippen LogP contribution in [0.15, 0.2) is 36.7 Å². The van der Waals surface area contributed by atoms with Gasteiger partial charge in [0.2, 0.25) is 5.91 Å². The monoisotopic (exact) mass is 409 g/mol. The van der Waals surface area contributed by atoms with Gasteiger partial charge in [-0.25, -0.2) is 0 Å². The Hall–Kier alpha value is -2.55. The maximum Gasteiger partial charge on any atom is 0.416 e. The highest BCUT2D eigenvalue weighted by Crippen LogP contribution is 2.31. The quantitative estimate of drug-likeness (QED) is 0.714. The molecule has 3 rings (SSSR count). The molecule has 1 aliphatic rings. The second-order valence-electron chi connectivity index (χ2n) is 7.28. The maximum atomic E-state index is 12.9. The SMILES string of the molecule is Cn1cc(CC(=O)NCCCN2CCN(c3cccc(C(F)(F)F)c3)CC2)cn1. The van der Waals surface area contributed by atoms with Gasteiger partial charge >= 0.3 is 6.18 Å². The Labute approximate surface area is 168 Å². The van der Waals surface area contributed by atoms with Crippen molar-refractivity contribution in [2.24, 2.45) is 7.05 Å². The van der Waals surface area contributed by atoms with E-state index in [0.29, 0.717) is 31.7 Å². The van der Waals surface area contributed by atoms with E-state index in [0.717, 1.165) is 37.7 Å². The van der Waals surface area contributed by atoms with Gasteiger partial charge in [-0.05, 0) is 36.7 Å². The lowest BCUT2D eigenvalue weighted by Crippen LogP contribution is -2.47. The van der Waals surface area contributed by atoms with E-state index < -0.39 is 11.7 Å². The molecule has 158 valence electrons. The van der Waals surface area contributed by atoms with Gasteiger partial charge in [0.15, 0.2) is 0 Å². The molecule has 1 amide bonds. The number of amides is 1. The molecule has 0 radical (unpaired) electrons. The summed E-state index contributed by atoms with van der Waals surface area (Å²) in [6, 6.07) is 5.50.